The smallest absolute Gasteiger partial charge is 0.163 e. The van der Waals surface area contributed by atoms with Crippen LogP contribution in [0.5, 0.6) is 5.75 Å². The van der Waals surface area contributed by atoms with Gasteiger partial charge in [0.2, 0.25) is 0 Å². The van der Waals surface area contributed by atoms with E-state index in [4.69, 9.17) is 4.74 Å². The number of ether oxygens (including phenoxy) is 1. The topological polar surface area (TPSA) is 26.3 Å². The van der Waals surface area contributed by atoms with Gasteiger partial charge in [-0.2, -0.15) is 0 Å². The largest absolute Gasteiger partial charge is 0.488 e. The van der Waals surface area contributed by atoms with Crippen LogP contribution < -0.4 is 4.74 Å². The minimum Gasteiger partial charge on any atom is -0.488 e. The molecule has 0 bridgehead atoms. The molecule has 2 nitrogen and oxygen atoms in total. The van der Waals surface area contributed by atoms with Gasteiger partial charge in [-0.25, -0.2) is 4.39 Å². The maximum Gasteiger partial charge on any atom is 0.163 e. The van der Waals surface area contributed by atoms with Crippen LogP contribution in [0.2, 0.25) is 0 Å². The van der Waals surface area contributed by atoms with E-state index in [0.717, 1.165) is 5.56 Å². The first-order valence-corrected chi connectivity index (χ1v) is 8.13. The summed E-state index contributed by atoms with van der Waals surface area (Å²) in [4.78, 5) is 11.9. The van der Waals surface area contributed by atoms with E-state index in [0.29, 0.717) is 34.6 Å². The van der Waals surface area contributed by atoms with E-state index >= 15 is 0 Å². The van der Waals surface area contributed by atoms with Crippen molar-refractivity contribution in [1.82, 2.24) is 0 Å². The molecule has 0 radical (unpaired) electrons. The van der Waals surface area contributed by atoms with E-state index in [1.807, 2.05) is 36.4 Å². The summed E-state index contributed by atoms with van der Waals surface area (Å²) >= 11 is 0. The third-order valence-corrected chi connectivity index (χ3v) is 4.10. The van der Waals surface area contributed by atoms with E-state index < -0.39 is 0 Å². The lowest BCUT2D eigenvalue weighted by Crippen LogP contribution is -2.02. The van der Waals surface area contributed by atoms with Gasteiger partial charge in [-0.05, 0) is 42.7 Å². The highest BCUT2D eigenvalue weighted by atomic mass is 19.1. The lowest BCUT2D eigenvalue weighted by atomic mass is 9.99. The number of carbonyl (C=O) groups is 1. The second kappa shape index (κ2) is 7.31. The molecule has 0 fully saturated rings. The first-order chi connectivity index (χ1) is 12.1. The molecule has 0 saturated heterocycles. The number of carbonyl (C=O) groups excluding carboxylic acids is 1. The Balaban J connectivity index is 1.97. The predicted molar refractivity (Wildman–Crippen MR) is 97.4 cm³/mol. The zero-order valence-electron chi connectivity index (χ0n) is 14.3. The molecule has 3 rings (SSSR count). The average molecular weight is 334 g/mol. The van der Waals surface area contributed by atoms with Gasteiger partial charge in [-0.1, -0.05) is 54.6 Å². The van der Waals surface area contributed by atoms with Crippen molar-refractivity contribution in [3.8, 4) is 16.9 Å². The highest BCUT2D eigenvalue weighted by Crippen LogP contribution is 2.31. The molecule has 0 atom stereocenters. The van der Waals surface area contributed by atoms with Crippen molar-refractivity contribution >= 4 is 5.78 Å². The van der Waals surface area contributed by atoms with Gasteiger partial charge in [-0.15, -0.1) is 0 Å². The first kappa shape index (κ1) is 16.9. The number of ketones is 1. The van der Waals surface area contributed by atoms with E-state index in [9.17, 15) is 9.18 Å². The van der Waals surface area contributed by atoms with Gasteiger partial charge in [0.15, 0.2) is 5.78 Å². The molecular weight excluding hydrogens is 315 g/mol. The summed E-state index contributed by atoms with van der Waals surface area (Å²) in [5.41, 5.74) is 3.27. The number of hydrogen-bond donors (Lipinski definition) is 0. The van der Waals surface area contributed by atoms with Crippen molar-refractivity contribution in [2.24, 2.45) is 0 Å². The Labute approximate surface area is 146 Å². The molecule has 3 aromatic carbocycles. The van der Waals surface area contributed by atoms with Crippen molar-refractivity contribution < 1.29 is 13.9 Å². The van der Waals surface area contributed by atoms with Gasteiger partial charge >= 0.3 is 0 Å². The highest BCUT2D eigenvalue weighted by Gasteiger charge is 2.13. The summed E-state index contributed by atoms with van der Waals surface area (Å²) in [7, 11) is 0. The fraction of sp³-hybridized carbons (Fsp3) is 0.136. The number of benzene rings is 3. The fourth-order valence-corrected chi connectivity index (χ4v) is 2.71. The van der Waals surface area contributed by atoms with Crippen LogP contribution in [0.4, 0.5) is 4.39 Å². The van der Waals surface area contributed by atoms with Crippen molar-refractivity contribution in [1.29, 1.82) is 0 Å². The number of hydrogen-bond acceptors (Lipinski definition) is 2. The van der Waals surface area contributed by atoms with E-state index in [1.54, 1.807) is 37.3 Å². The van der Waals surface area contributed by atoms with Crippen molar-refractivity contribution in [3.63, 3.8) is 0 Å². The molecule has 126 valence electrons. The van der Waals surface area contributed by atoms with Gasteiger partial charge in [0.05, 0.1) is 5.56 Å². The van der Waals surface area contributed by atoms with E-state index in [2.05, 4.69) is 0 Å². The zero-order valence-corrected chi connectivity index (χ0v) is 14.3. The van der Waals surface area contributed by atoms with Crippen LogP contribution in [0.15, 0.2) is 66.7 Å². The van der Waals surface area contributed by atoms with Gasteiger partial charge in [0.25, 0.3) is 0 Å². The molecule has 3 aromatic rings. The van der Waals surface area contributed by atoms with Crippen LogP contribution in [0.1, 0.15) is 28.4 Å². The number of Topliss-reactive ketones (excluding diaryl/α,β-unsaturated/α-hetero) is 1. The number of aryl methyl sites for hydroxylation is 1. The van der Waals surface area contributed by atoms with Crippen LogP contribution in [-0.2, 0) is 6.61 Å². The lowest BCUT2D eigenvalue weighted by molar-refractivity contribution is 0.101. The molecule has 0 aliphatic heterocycles. The molecule has 0 aliphatic rings. The quantitative estimate of drug-likeness (QED) is 0.569. The molecule has 0 spiro atoms. The molecule has 0 aromatic heterocycles. The SMILES string of the molecule is CC(=O)c1ccc(-c2cccc(C)c2F)cc1OCc1ccccc1. The second-order valence-electron chi connectivity index (χ2n) is 5.98. The summed E-state index contributed by atoms with van der Waals surface area (Å²) in [5.74, 6) is 0.126. The van der Waals surface area contributed by atoms with E-state index in [1.165, 1.54) is 6.92 Å². The van der Waals surface area contributed by atoms with Crippen LogP contribution in [-0.4, -0.2) is 5.78 Å². The Morgan fingerprint density at radius 3 is 2.48 bits per heavy atom. The van der Waals surface area contributed by atoms with Crippen molar-refractivity contribution in [2.75, 3.05) is 0 Å². The van der Waals surface area contributed by atoms with Gasteiger partial charge < -0.3 is 4.74 Å². The molecule has 3 heteroatoms. The second-order valence-corrected chi connectivity index (χ2v) is 5.98. The Morgan fingerprint density at radius 2 is 1.76 bits per heavy atom. The van der Waals surface area contributed by atoms with E-state index in [-0.39, 0.29) is 11.6 Å². The van der Waals surface area contributed by atoms with Gasteiger partial charge in [0.1, 0.15) is 18.2 Å². The third-order valence-electron chi connectivity index (χ3n) is 4.10. The van der Waals surface area contributed by atoms with Gasteiger partial charge in [-0.3, -0.25) is 4.79 Å². The van der Waals surface area contributed by atoms with Crippen LogP contribution in [0, 0.1) is 12.7 Å². The fourth-order valence-electron chi connectivity index (χ4n) is 2.71. The monoisotopic (exact) mass is 334 g/mol. The molecular formula is C22H19FO2. The first-order valence-electron chi connectivity index (χ1n) is 8.13. The molecule has 0 saturated carbocycles. The standard InChI is InChI=1S/C22H19FO2/c1-15-7-6-10-20(22(15)23)18-11-12-19(16(2)24)21(13-18)25-14-17-8-4-3-5-9-17/h3-13H,14H2,1-2H3. The predicted octanol–water partition coefficient (Wildman–Crippen LogP) is 5.58. The summed E-state index contributed by atoms with van der Waals surface area (Å²) < 4.78 is 20.3. The minimum absolute atomic E-state index is 0.0840. The van der Waals surface area contributed by atoms with Gasteiger partial charge in [0, 0.05) is 5.56 Å². The molecule has 0 amide bonds. The average Bonchev–Trinajstić information content (AvgIpc) is 2.63. The summed E-state index contributed by atoms with van der Waals surface area (Å²) in [6, 6.07) is 20.2. The maximum absolute atomic E-state index is 14.4. The van der Waals surface area contributed by atoms with Crippen molar-refractivity contribution in [2.45, 2.75) is 20.5 Å². The van der Waals surface area contributed by atoms with Crippen LogP contribution in [0.3, 0.4) is 0 Å². The summed E-state index contributed by atoms with van der Waals surface area (Å²) in [5, 5.41) is 0. The Morgan fingerprint density at radius 1 is 1.00 bits per heavy atom. The summed E-state index contributed by atoms with van der Waals surface area (Å²) in [6.45, 7) is 3.58. The minimum atomic E-state index is -0.257. The Bertz CT molecular complexity index is 901. The Hall–Kier alpha value is -2.94. The zero-order chi connectivity index (χ0) is 17.8. The Kier molecular flexibility index (Phi) is 4.94. The highest BCUT2D eigenvalue weighted by molar-refractivity contribution is 5.97. The molecule has 0 N–H and O–H groups in total. The number of halogens is 1. The normalized spacial score (nSPS) is 10.5. The van der Waals surface area contributed by atoms with Crippen LogP contribution in [0.25, 0.3) is 11.1 Å². The summed E-state index contributed by atoms with van der Waals surface area (Å²) in [6.07, 6.45) is 0. The van der Waals surface area contributed by atoms with Crippen molar-refractivity contribution in [3.05, 3.63) is 89.2 Å². The van der Waals surface area contributed by atoms with Crippen LogP contribution >= 0.6 is 0 Å². The maximum atomic E-state index is 14.4. The molecule has 25 heavy (non-hydrogen) atoms. The molecule has 0 aliphatic carbocycles. The molecule has 0 unspecified atom stereocenters. The third kappa shape index (κ3) is 3.77. The number of rotatable bonds is 5. The lowest BCUT2D eigenvalue weighted by Gasteiger charge is -2.13. The molecule has 0 heterocycles.